The quantitative estimate of drug-likeness (QED) is 0.791. The van der Waals surface area contributed by atoms with E-state index in [0.717, 1.165) is 44.0 Å². The first kappa shape index (κ1) is 19.6. The third-order valence-corrected chi connectivity index (χ3v) is 5.35. The van der Waals surface area contributed by atoms with Crippen molar-refractivity contribution in [2.45, 2.75) is 39.2 Å². The molecule has 1 amide bonds. The first-order valence-corrected chi connectivity index (χ1v) is 9.33. The van der Waals surface area contributed by atoms with Crippen molar-refractivity contribution in [1.29, 1.82) is 0 Å². The largest absolute Gasteiger partial charge is 0.369 e. The zero-order valence-electron chi connectivity index (χ0n) is 15.4. The molecule has 1 aromatic carbocycles. The number of carbonyl (C=O) groups excluding carboxylic acids is 1. The van der Waals surface area contributed by atoms with Crippen LogP contribution in [0.15, 0.2) is 18.2 Å². The van der Waals surface area contributed by atoms with Crippen molar-refractivity contribution < 1.29 is 4.79 Å². The van der Waals surface area contributed by atoms with Gasteiger partial charge in [0.1, 0.15) is 5.54 Å². The van der Waals surface area contributed by atoms with Crippen LogP contribution in [0.3, 0.4) is 0 Å². The van der Waals surface area contributed by atoms with Crippen LogP contribution in [0.25, 0.3) is 0 Å². The van der Waals surface area contributed by atoms with Crippen LogP contribution in [-0.4, -0.2) is 49.1 Å². The van der Waals surface area contributed by atoms with Gasteiger partial charge in [-0.1, -0.05) is 37.4 Å². The first-order valence-electron chi connectivity index (χ1n) is 8.95. The summed E-state index contributed by atoms with van der Waals surface area (Å²) >= 11 is 6.13. The smallest absolute Gasteiger partial charge is 0.235 e. The minimum atomic E-state index is -0.517. The minimum absolute atomic E-state index is 0.00837. The molecule has 1 aliphatic heterocycles. The molecular weight excluding hydrogens is 334 g/mol. The summed E-state index contributed by atoms with van der Waals surface area (Å²) in [5.41, 5.74) is 1.89. The molecule has 0 saturated carbocycles. The number of hydrogen-bond donors (Lipinski definition) is 1. The Hall–Kier alpha value is -1.70. The number of aryl methyl sites for hydroxylation is 1. The average molecular weight is 362 g/mol. The maximum atomic E-state index is 12.4. The van der Waals surface area contributed by atoms with Crippen LogP contribution in [0.5, 0.6) is 0 Å². The van der Waals surface area contributed by atoms with Gasteiger partial charge in [-0.25, -0.2) is 0 Å². The summed E-state index contributed by atoms with van der Waals surface area (Å²) in [6.07, 6.45) is 7.11. The number of nitrogens with zero attached hydrogens (tertiary/aromatic N) is 2. The predicted molar refractivity (Wildman–Crippen MR) is 105 cm³/mol. The SMILES string of the molecule is C#CC(CC)(CC)NC(=O)CN1CCN(c2cc(Cl)ccc2C)CC1. The second-order valence-electron chi connectivity index (χ2n) is 6.68. The number of anilines is 1. The lowest BCUT2D eigenvalue weighted by Gasteiger charge is -2.37. The minimum Gasteiger partial charge on any atom is -0.369 e. The summed E-state index contributed by atoms with van der Waals surface area (Å²) in [4.78, 5) is 16.9. The third-order valence-electron chi connectivity index (χ3n) is 5.11. The Morgan fingerprint density at radius 3 is 2.48 bits per heavy atom. The molecule has 0 unspecified atom stereocenters. The second-order valence-corrected chi connectivity index (χ2v) is 7.11. The normalized spacial score (nSPS) is 15.7. The lowest BCUT2D eigenvalue weighted by atomic mass is 9.94. The van der Waals surface area contributed by atoms with Crippen LogP contribution in [0.1, 0.15) is 32.3 Å². The van der Waals surface area contributed by atoms with Crippen molar-refractivity contribution in [2.24, 2.45) is 0 Å². The highest BCUT2D eigenvalue weighted by Crippen LogP contribution is 2.25. The Morgan fingerprint density at radius 1 is 1.28 bits per heavy atom. The third kappa shape index (κ3) is 4.90. The molecule has 1 fully saturated rings. The Morgan fingerprint density at radius 2 is 1.92 bits per heavy atom. The van der Waals surface area contributed by atoms with Gasteiger partial charge in [-0.2, -0.15) is 0 Å². The van der Waals surface area contributed by atoms with E-state index in [9.17, 15) is 4.79 Å². The second kappa shape index (κ2) is 8.60. The molecule has 1 aromatic rings. The molecule has 1 heterocycles. The fourth-order valence-corrected chi connectivity index (χ4v) is 3.41. The van der Waals surface area contributed by atoms with Gasteiger partial charge >= 0.3 is 0 Å². The number of benzene rings is 1. The number of amides is 1. The summed E-state index contributed by atoms with van der Waals surface area (Å²) in [6.45, 7) is 9.98. The zero-order valence-corrected chi connectivity index (χ0v) is 16.2. The van der Waals surface area contributed by atoms with Gasteiger partial charge < -0.3 is 10.2 Å². The van der Waals surface area contributed by atoms with Crippen LogP contribution >= 0.6 is 11.6 Å². The van der Waals surface area contributed by atoms with Crippen LogP contribution in [0, 0.1) is 19.3 Å². The Bertz CT molecular complexity index is 641. The number of terminal acetylenes is 1. The molecule has 0 bridgehead atoms. The highest BCUT2D eigenvalue weighted by Gasteiger charge is 2.27. The van der Waals surface area contributed by atoms with E-state index in [1.807, 2.05) is 32.0 Å². The van der Waals surface area contributed by atoms with Gasteiger partial charge in [0.15, 0.2) is 0 Å². The fourth-order valence-electron chi connectivity index (χ4n) is 3.25. The molecule has 0 aliphatic carbocycles. The molecule has 0 aromatic heterocycles. The number of rotatable bonds is 6. The van der Waals surface area contributed by atoms with Crippen molar-refractivity contribution in [3.63, 3.8) is 0 Å². The summed E-state index contributed by atoms with van der Waals surface area (Å²) in [5.74, 6) is 2.76. The van der Waals surface area contributed by atoms with Gasteiger partial charge in [0.25, 0.3) is 0 Å². The molecule has 136 valence electrons. The molecule has 0 spiro atoms. The van der Waals surface area contributed by atoms with E-state index < -0.39 is 5.54 Å². The van der Waals surface area contributed by atoms with E-state index in [0.29, 0.717) is 6.54 Å². The van der Waals surface area contributed by atoms with E-state index in [1.54, 1.807) is 0 Å². The van der Waals surface area contributed by atoms with E-state index >= 15 is 0 Å². The topological polar surface area (TPSA) is 35.6 Å². The van der Waals surface area contributed by atoms with Gasteiger partial charge in [-0.3, -0.25) is 9.69 Å². The molecule has 1 saturated heterocycles. The van der Waals surface area contributed by atoms with Crippen molar-refractivity contribution >= 4 is 23.2 Å². The monoisotopic (exact) mass is 361 g/mol. The van der Waals surface area contributed by atoms with Crippen LogP contribution < -0.4 is 10.2 Å². The Labute approximate surface area is 156 Å². The number of hydrogen-bond acceptors (Lipinski definition) is 3. The molecular formula is C20H28ClN3O. The molecule has 0 atom stereocenters. The van der Waals surface area contributed by atoms with Gasteiger partial charge in [0, 0.05) is 36.9 Å². The van der Waals surface area contributed by atoms with E-state index in [-0.39, 0.29) is 5.91 Å². The molecule has 1 aliphatic rings. The van der Waals surface area contributed by atoms with Gasteiger partial charge in [-0.15, -0.1) is 6.42 Å². The average Bonchev–Trinajstić information content (AvgIpc) is 2.62. The van der Waals surface area contributed by atoms with Crippen molar-refractivity contribution in [3.8, 4) is 12.3 Å². The number of carbonyl (C=O) groups is 1. The lowest BCUT2D eigenvalue weighted by Crippen LogP contribution is -2.53. The standard InChI is InChI=1S/C20H28ClN3O/c1-5-20(6-2,7-3)22-19(25)15-23-10-12-24(13-11-23)18-14-17(21)9-8-16(18)4/h1,8-9,14H,6-7,10-13,15H2,2-4H3,(H,22,25). The number of nitrogens with one attached hydrogen (secondary N) is 1. The van der Waals surface area contributed by atoms with Crippen LogP contribution in [0.4, 0.5) is 5.69 Å². The molecule has 4 nitrogen and oxygen atoms in total. The predicted octanol–water partition coefficient (Wildman–Crippen LogP) is 3.08. The highest BCUT2D eigenvalue weighted by molar-refractivity contribution is 6.30. The zero-order chi connectivity index (χ0) is 18.4. The van der Waals surface area contributed by atoms with E-state index in [2.05, 4.69) is 28.0 Å². The molecule has 5 heteroatoms. The van der Waals surface area contributed by atoms with Crippen LogP contribution in [-0.2, 0) is 4.79 Å². The summed E-state index contributed by atoms with van der Waals surface area (Å²) < 4.78 is 0. The molecule has 25 heavy (non-hydrogen) atoms. The van der Waals surface area contributed by atoms with Gasteiger partial charge in [0.2, 0.25) is 5.91 Å². The fraction of sp³-hybridized carbons (Fsp3) is 0.550. The number of halogens is 1. The number of piperazine rings is 1. The summed E-state index contributed by atoms with van der Waals surface area (Å²) in [5, 5.41) is 3.80. The van der Waals surface area contributed by atoms with Crippen molar-refractivity contribution in [3.05, 3.63) is 28.8 Å². The van der Waals surface area contributed by atoms with Gasteiger partial charge in [0.05, 0.1) is 6.54 Å². The summed E-state index contributed by atoms with van der Waals surface area (Å²) in [7, 11) is 0. The lowest BCUT2D eigenvalue weighted by molar-refractivity contribution is -0.123. The maximum absolute atomic E-state index is 12.4. The van der Waals surface area contributed by atoms with Crippen LogP contribution in [0.2, 0.25) is 5.02 Å². The Kier molecular flexibility index (Phi) is 6.75. The van der Waals surface area contributed by atoms with E-state index in [4.69, 9.17) is 18.0 Å². The molecule has 2 rings (SSSR count). The van der Waals surface area contributed by atoms with E-state index in [1.165, 1.54) is 11.3 Å². The maximum Gasteiger partial charge on any atom is 0.235 e. The van der Waals surface area contributed by atoms with Gasteiger partial charge in [-0.05, 0) is 37.5 Å². The van der Waals surface area contributed by atoms with Crippen molar-refractivity contribution in [2.75, 3.05) is 37.6 Å². The molecule has 1 N–H and O–H groups in total. The highest BCUT2D eigenvalue weighted by atomic mass is 35.5. The van der Waals surface area contributed by atoms with Crippen molar-refractivity contribution in [1.82, 2.24) is 10.2 Å². The molecule has 0 radical (unpaired) electrons. The Balaban J connectivity index is 1.89. The summed E-state index contributed by atoms with van der Waals surface area (Å²) in [6, 6.07) is 5.98. The first-order chi connectivity index (χ1) is 11.9.